The maximum absolute atomic E-state index is 12.7. The Morgan fingerprint density at radius 3 is 2.71 bits per heavy atom. The number of anilines is 1. The van der Waals surface area contributed by atoms with Crippen LogP contribution in [0.5, 0.6) is 0 Å². The number of fused-ring (bicyclic) bond motifs is 1. The van der Waals surface area contributed by atoms with Crippen LogP contribution < -0.4 is 10.9 Å². The van der Waals surface area contributed by atoms with Crippen LogP contribution in [-0.2, 0) is 11.3 Å². The Morgan fingerprint density at radius 2 is 1.96 bits per heavy atom. The van der Waals surface area contributed by atoms with E-state index in [2.05, 4.69) is 15.4 Å². The average molecular weight is 394 g/mol. The fraction of sp³-hybridized carbons (Fsp3) is 0.100. The van der Waals surface area contributed by atoms with Crippen molar-refractivity contribution in [2.75, 3.05) is 5.32 Å². The van der Waals surface area contributed by atoms with E-state index in [1.54, 1.807) is 22.9 Å². The molecule has 0 saturated heterocycles. The highest BCUT2D eigenvalue weighted by Gasteiger charge is 2.13. The molecule has 4 aromatic rings. The summed E-state index contributed by atoms with van der Waals surface area (Å²) in [5, 5.41) is 7.90. The highest BCUT2D eigenvalue weighted by atomic mass is 35.5. The summed E-state index contributed by atoms with van der Waals surface area (Å²) in [5.74, 6) is -0.311. The molecule has 0 aliphatic heterocycles. The molecule has 4 rings (SSSR count). The third-order valence-corrected chi connectivity index (χ3v) is 4.49. The van der Waals surface area contributed by atoms with Gasteiger partial charge in [-0.1, -0.05) is 35.4 Å². The molecule has 0 spiro atoms. The van der Waals surface area contributed by atoms with Crippen molar-refractivity contribution in [2.24, 2.45) is 0 Å². The molecule has 2 aromatic heterocycles. The highest BCUT2D eigenvalue weighted by Crippen LogP contribution is 2.17. The molecule has 0 bridgehead atoms. The van der Waals surface area contributed by atoms with Crippen molar-refractivity contribution in [3.8, 4) is 5.69 Å². The van der Waals surface area contributed by atoms with Crippen molar-refractivity contribution in [3.05, 3.63) is 82.0 Å². The summed E-state index contributed by atoms with van der Waals surface area (Å²) in [5.41, 5.74) is 2.54. The maximum Gasteiger partial charge on any atom is 0.264 e. The van der Waals surface area contributed by atoms with E-state index in [1.165, 1.54) is 17.1 Å². The number of aromatic nitrogens is 4. The molecule has 0 aliphatic rings. The number of benzene rings is 2. The number of halogens is 1. The van der Waals surface area contributed by atoms with Crippen LogP contribution in [-0.4, -0.2) is 25.2 Å². The lowest BCUT2D eigenvalue weighted by molar-refractivity contribution is -0.116. The van der Waals surface area contributed by atoms with Crippen LogP contribution in [0.1, 0.15) is 5.56 Å². The summed E-state index contributed by atoms with van der Waals surface area (Å²) in [4.78, 5) is 29.3. The minimum Gasteiger partial charge on any atom is -0.325 e. The molecule has 0 atom stereocenters. The van der Waals surface area contributed by atoms with Crippen molar-refractivity contribution in [2.45, 2.75) is 13.5 Å². The number of carbonyl (C=O) groups is 1. The van der Waals surface area contributed by atoms with Crippen LogP contribution >= 0.6 is 11.6 Å². The Kier molecular flexibility index (Phi) is 4.67. The van der Waals surface area contributed by atoms with Crippen molar-refractivity contribution in [3.63, 3.8) is 0 Å². The largest absolute Gasteiger partial charge is 0.325 e. The Bertz CT molecular complexity index is 1230. The fourth-order valence-corrected chi connectivity index (χ4v) is 3.03. The van der Waals surface area contributed by atoms with Gasteiger partial charge >= 0.3 is 0 Å². The zero-order valence-corrected chi connectivity index (χ0v) is 15.7. The lowest BCUT2D eigenvalue weighted by Gasteiger charge is -2.08. The van der Waals surface area contributed by atoms with Gasteiger partial charge in [0.05, 0.1) is 11.9 Å². The Labute approximate surface area is 165 Å². The van der Waals surface area contributed by atoms with Crippen molar-refractivity contribution in [1.29, 1.82) is 0 Å². The SMILES string of the molecule is Cc1ccc(NC(=O)Cn2cnc3c(cnn3-c3cccc(Cl)c3)c2=O)cc1. The number of hydrogen-bond acceptors (Lipinski definition) is 4. The van der Waals surface area contributed by atoms with E-state index in [0.29, 0.717) is 27.4 Å². The van der Waals surface area contributed by atoms with Crippen LogP contribution in [0.15, 0.2) is 65.8 Å². The molecular weight excluding hydrogens is 378 g/mol. The number of nitrogens with one attached hydrogen (secondary N) is 1. The molecule has 2 aromatic carbocycles. The second kappa shape index (κ2) is 7.28. The molecule has 0 fully saturated rings. The predicted octanol–water partition coefficient (Wildman–Crippen LogP) is 3.18. The van der Waals surface area contributed by atoms with E-state index in [1.807, 2.05) is 37.3 Å². The Hall–Kier alpha value is -3.45. The van der Waals surface area contributed by atoms with Crippen molar-refractivity contribution < 1.29 is 4.79 Å². The Morgan fingerprint density at radius 1 is 1.18 bits per heavy atom. The van der Waals surface area contributed by atoms with Crippen molar-refractivity contribution >= 4 is 34.2 Å². The van der Waals surface area contributed by atoms with Gasteiger partial charge in [-0.15, -0.1) is 0 Å². The first-order valence-electron chi connectivity index (χ1n) is 8.57. The molecule has 0 unspecified atom stereocenters. The van der Waals surface area contributed by atoms with Gasteiger partial charge in [-0.3, -0.25) is 14.2 Å². The zero-order chi connectivity index (χ0) is 19.7. The molecule has 1 amide bonds. The summed E-state index contributed by atoms with van der Waals surface area (Å²) in [6.07, 6.45) is 2.79. The third-order valence-electron chi connectivity index (χ3n) is 4.26. The summed E-state index contributed by atoms with van der Waals surface area (Å²) in [6.45, 7) is 1.83. The summed E-state index contributed by atoms with van der Waals surface area (Å²) in [6, 6.07) is 14.5. The van der Waals surface area contributed by atoms with Crippen LogP contribution in [0.2, 0.25) is 5.02 Å². The summed E-state index contributed by atoms with van der Waals surface area (Å²) < 4.78 is 2.80. The maximum atomic E-state index is 12.7. The van der Waals surface area contributed by atoms with Gasteiger partial charge in [0.1, 0.15) is 18.3 Å². The number of carbonyl (C=O) groups excluding carboxylic acids is 1. The molecule has 7 nitrogen and oxygen atoms in total. The van der Waals surface area contributed by atoms with E-state index in [4.69, 9.17) is 11.6 Å². The van der Waals surface area contributed by atoms with Crippen LogP contribution in [0.4, 0.5) is 5.69 Å². The predicted molar refractivity (Wildman–Crippen MR) is 108 cm³/mol. The fourth-order valence-electron chi connectivity index (χ4n) is 2.85. The third kappa shape index (κ3) is 3.52. The molecule has 8 heteroatoms. The molecule has 28 heavy (non-hydrogen) atoms. The first kappa shape index (κ1) is 17.9. The van der Waals surface area contributed by atoms with E-state index >= 15 is 0 Å². The minimum absolute atomic E-state index is 0.141. The average Bonchev–Trinajstić information content (AvgIpc) is 3.11. The topological polar surface area (TPSA) is 81.8 Å². The molecule has 0 saturated carbocycles. The zero-order valence-electron chi connectivity index (χ0n) is 15.0. The summed E-state index contributed by atoms with van der Waals surface area (Å²) in [7, 11) is 0. The van der Waals surface area contributed by atoms with Gasteiger partial charge in [0.15, 0.2) is 5.65 Å². The normalized spacial score (nSPS) is 10.9. The van der Waals surface area contributed by atoms with Crippen LogP contribution in [0.25, 0.3) is 16.7 Å². The van der Waals surface area contributed by atoms with Crippen LogP contribution in [0.3, 0.4) is 0 Å². The van der Waals surface area contributed by atoms with Gasteiger partial charge in [-0.05, 0) is 37.3 Å². The van der Waals surface area contributed by atoms with E-state index < -0.39 is 0 Å². The van der Waals surface area contributed by atoms with Gasteiger partial charge in [0.25, 0.3) is 5.56 Å². The van der Waals surface area contributed by atoms with Gasteiger partial charge in [-0.25, -0.2) is 9.67 Å². The number of amides is 1. The van der Waals surface area contributed by atoms with Gasteiger partial charge in [0, 0.05) is 10.7 Å². The van der Waals surface area contributed by atoms with Gasteiger partial charge in [0.2, 0.25) is 5.91 Å². The van der Waals surface area contributed by atoms with E-state index in [0.717, 1.165) is 5.56 Å². The molecule has 2 heterocycles. The standard InChI is InChI=1S/C20H16ClN5O2/c1-13-5-7-15(8-6-13)24-18(27)11-25-12-22-19-17(20(25)28)10-23-26(19)16-4-2-3-14(21)9-16/h2-10,12H,11H2,1H3,(H,24,27). The number of rotatable bonds is 4. The van der Waals surface area contributed by atoms with Crippen molar-refractivity contribution in [1.82, 2.24) is 19.3 Å². The van der Waals surface area contributed by atoms with Gasteiger partial charge < -0.3 is 5.32 Å². The summed E-state index contributed by atoms with van der Waals surface area (Å²) >= 11 is 6.03. The molecule has 0 radical (unpaired) electrons. The second-order valence-electron chi connectivity index (χ2n) is 6.37. The first-order valence-corrected chi connectivity index (χ1v) is 8.95. The molecule has 1 N–H and O–H groups in total. The minimum atomic E-state index is -0.336. The lowest BCUT2D eigenvalue weighted by Crippen LogP contribution is -2.27. The Balaban J connectivity index is 1.61. The molecular formula is C20H16ClN5O2. The highest BCUT2D eigenvalue weighted by molar-refractivity contribution is 6.30. The second-order valence-corrected chi connectivity index (χ2v) is 6.80. The molecule has 140 valence electrons. The lowest BCUT2D eigenvalue weighted by atomic mass is 10.2. The quantitative estimate of drug-likeness (QED) is 0.577. The molecule has 0 aliphatic carbocycles. The van der Waals surface area contributed by atoms with E-state index in [-0.39, 0.29) is 18.0 Å². The van der Waals surface area contributed by atoms with Gasteiger partial charge in [-0.2, -0.15) is 5.10 Å². The number of hydrogen-bond donors (Lipinski definition) is 1. The number of aryl methyl sites for hydroxylation is 1. The monoisotopic (exact) mass is 393 g/mol. The number of nitrogens with zero attached hydrogens (tertiary/aromatic N) is 4. The van der Waals surface area contributed by atoms with Crippen LogP contribution in [0, 0.1) is 6.92 Å². The first-order chi connectivity index (χ1) is 13.5. The van der Waals surface area contributed by atoms with E-state index in [9.17, 15) is 9.59 Å². The smallest absolute Gasteiger partial charge is 0.264 e.